The van der Waals surface area contributed by atoms with E-state index in [0.29, 0.717) is 0 Å². The van der Waals surface area contributed by atoms with Gasteiger partial charge in [0.25, 0.3) is 11.8 Å². The molecule has 2 fully saturated rings. The summed E-state index contributed by atoms with van der Waals surface area (Å²) < 4.78 is 43.4. The summed E-state index contributed by atoms with van der Waals surface area (Å²) in [5.41, 5.74) is -2.15. The minimum Gasteiger partial charge on any atom is -0.496 e. The van der Waals surface area contributed by atoms with Gasteiger partial charge in [0.05, 0.1) is 19.2 Å². The average molecular weight is 357 g/mol. The van der Waals surface area contributed by atoms with E-state index in [0.717, 1.165) is 25.3 Å². The van der Waals surface area contributed by atoms with Gasteiger partial charge in [-0.05, 0) is 24.6 Å². The third-order valence-corrected chi connectivity index (χ3v) is 4.32. The van der Waals surface area contributed by atoms with E-state index in [2.05, 4.69) is 10.6 Å². The SMILES string of the molecule is COc1cc(C(=O)N2CCC3(C2)NC(=O)NC3=O)ccc1C(F)(F)F. The minimum absolute atomic E-state index is 0.00614. The molecule has 1 aromatic carbocycles. The second kappa shape index (κ2) is 5.64. The number of carbonyl (C=O) groups excluding carboxylic acids is 3. The van der Waals surface area contributed by atoms with Gasteiger partial charge < -0.3 is 15.0 Å². The second-order valence-electron chi connectivity index (χ2n) is 5.88. The first-order chi connectivity index (χ1) is 11.7. The van der Waals surface area contributed by atoms with Gasteiger partial charge in [-0.1, -0.05) is 0 Å². The lowest BCUT2D eigenvalue weighted by Crippen LogP contribution is -2.49. The predicted molar refractivity (Wildman–Crippen MR) is 77.9 cm³/mol. The molecule has 0 aliphatic carbocycles. The summed E-state index contributed by atoms with van der Waals surface area (Å²) >= 11 is 0. The lowest BCUT2D eigenvalue weighted by molar-refractivity contribution is -0.138. The Morgan fingerprint density at radius 3 is 2.60 bits per heavy atom. The summed E-state index contributed by atoms with van der Waals surface area (Å²) in [5.74, 6) is -1.52. The Labute approximate surface area is 140 Å². The number of alkyl halides is 3. The van der Waals surface area contributed by atoms with Gasteiger partial charge in [-0.25, -0.2) is 4.79 Å². The fourth-order valence-electron chi connectivity index (χ4n) is 3.04. The van der Waals surface area contributed by atoms with Gasteiger partial charge in [0.2, 0.25) is 0 Å². The minimum atomic E-state index is -4.60. The standard InChI is InChI=1S/C15H14F3N3O4/c1-25-10-6-8(2-3-9(10)15(16,17)18)11(22)21-5-4-14(7-21)12(23)19-13(24)20-14/h2-3,6H,4-5,7H2,1H3,(H2,19,20,23,24). The number of halogens is 3. The highest BCUT2D eigenvalue weighted by Gasteiger charge is 2.51. The zero-order valence-electron chi connectivity index (χ0n) is 13.1. The molecule has 2 aliphatic rings. The van der Waals surface area contributed by atoms with E-state index in [-0.39, 0.29) is 25.1 Å². The Morgan fingerprint density at radius 2 is 2.04 bits per heavy atom. The van der Waals surface area contributed by atoms with Crippen LogP contribution in [0.5, 0.6) is 5.75 Å². The lowest BCUT2D eigenvalue weighted by Gasteiger charge is -2.21. The number of methoxy groups -OCH3 is 1. The highest BCUT2D eigenvalue weighted by molar-refractivity contribution is 6.08. The number of likely N-dealkylation sites (tertiary alicyclic amines) is 1. The molecule has 1 unspecified atom stereocenters. The molecular formula is C15H14F3N3O4. The molecule has 2 aliphatic heterocycles. The van der Waals surface area contributed by atoms with Crippen molar-refractivity contribution in [1.82, 2.24) is 15.5 Å². The molecule has 2 heterocycles. The van der Waals surface area contributed by atoms with E-state index in [1.807, 2.05) is 0 Å². The Morgan fingerprint density at radius 1 is 1.32 bits per heavy atom. The summed E-state index contributed by atoms with van der Waals surface area (Å²) in [6.45, 7) is 0.141. The van der Waals surface area contributed by atoms with Crippen molar-refractivity contribution in [3.63, 3.8) is 0 Å². The third kappa shape index (κ3) is 2.87. The van der Waals surface area contributed by atoms with Crippen LogP contribution in [0.1, 0.15) is 22.3 Å². The number of carbonyl (C=O) groups is 3. The summed E-state index contributed by atoms with van der Waals surface area (Å²) in [6, 6.07) is 2.23. The number of imide groups is 1. The van der Waals surface area contributed by atoms with Crippen LogP contribution in [0.2, 0.25) is 0 Å². The molecular weight excluding hydrogens is 343 g/mol. The topological polar surface area (TPSA) is 87.7 Å². The highest BCUT2D eigenvalue weighted by Crippen LogP contribution is 2.37. The number of amides is 4. The van der Waals surface area contributed by atoms with Crippen LogP contribution in [0.25, 0.3) is 0 Å². The van der Waals surface area contributed by atoms with Crippen molar-refractivity contribution in [1.29, 1.82) is 0 Å². The number of urea groups is 1. The fourth-order valence-corrected chi connectivity index (χ4v) is 3.04. The molecule has 0 aromatic heterocycles. The Balaban J connectivity index is 1.83. The van der Waals surface area contributed by atoms with Crippen LogP contribution in [0.4, 0.5) is 18.0 Å². The maximum absolute atomic E-state index is 12.9. The Bertz CT molecular complexity index is 765. The van der Waals surface area contributed by atoms with E-state index in [1.165, 1.54) is 4.90 Å². The Hall–Kier alpha value is -2.78. The van der Waals surface area contributed by atoms with Gasteiger partial charge in [0.15, 0.2) is 0 Å². The maximum Gasteiger partial charge on any atom is 0.419 e. The van der Waals surface area contributed by atoms with Crippen molar-refractivity contribution in [2.75, 3.05) is 20.2 Å². The number of hydrogen-bond acceptors (Lipinski definition) is 4. The molecule has 0 bridgehead atoms. The van der Waals surface area contributed by atoms with Gasteiger partial charge in [-0.3, -0.25) is 14.9 Å². The van der Waals surface area contributed by atoms with Gasteiger partial charge >= 0.3 is 12.2 Å². The zero-order valence-corrected chi connectivity index (χ0v) is 13.1. The molecule has 2 saturated heterocycles. The monoisotopic (exact) mass is 357 g/mol. The van der Waals surface area contributed by atoms with Crippen LogP contribution in [0.3, 0.4) is 0 Å². The summed E-state index contributed by atoms with van der Waals surface area (Å²) in [5, 5.41) is 4.62. The molecule has 1 spiro atoms. The molecule has 1 aromatic rings. The van der Waals surface area contributed by atoms with Crippen LogP contribution in [-0.2, 0) is 11.0 Å². The summed E-state index contributed by atoms with van der Waals surface area (Å²) in [4.78, 5) is 37.1. The molecule has 7 nitrogen and oxygen atoms in total. The van der Waals surface area contributed by atoms with Gasteiger partial charge in [0, 0.05) is 12.1 Å². The first-order valence-corrected chi connectivity index (χ1v) is 7.34. The highest BCUT2D eigenvalue weighted by atomic mass is 19.4. The number of ether oxygens (including phenoxy) is 1. The largest absolute Gasteiger partial charge is 0.496 e. The Kier molecular flexibility index (Phi) is 3.85. The van der Waals surface area contributed by atoms with Gasteiger partial charge in [-0.15, -0.1) is 0 Å². The number of rotatable bonds is 2. The van der Waals surface area contributed by atoms with Crippen molar-refractivity contribution in [3.8, 4) is 5.75 Å². The molecule has 0 saturated carbocycles. The number of nitrogens with zero attached hydrogens (tertiary/aromatic N) is 1. The van der Waals surface area contributed by atoms with E-state index >= 15 is 0 Å². The van der Waals surface area contributed by atoms with Crippen LogP contribution < -0.4 is 15.4 Å². The van der Waals surface area contributed by atoms with Crippen LogP contribution in [-0.4, -0.2) is 48.5 Å². The lowest BCUT2D eigenvalue weighted by atomic mass is 9.99. The zero-order chi connectivity index (χ0) is 18.4. The molecule has 0 radical (unpaired) electrons. The van der Waals surface area contributed by atoms with Crippen molar-refractivity contribution in [2.45, 2.75) is 18.1 Å². The molecule has 25 heavy (non-hydrogen) atoms. The van der Waals surface area contributed by atoms with Crippen molar-refractivity contribution in [2.24, 2.45) is 0 Å². The predicted octanol–water partition coefficient (Wildman–Crippen LogP) is 1.14. The normalized spacial score (nSPS) is 23.0. The molecule has 3 rings (SSSR count). The van der Waals surface area contributed by atoms with Crippen molar-refractivity contribution < 1.29 is 32.3 Å². The quantitative estimate of drug-likeness (QED) is 0.777. The van der Waals surface area contributed by atoms with E-state index in [9.17, 15) is 27.6 Å². The van der Waals surface area contributed by atoms with Gasteiger partial charge in [0.1, 0.15) is 11.3 Å². The molecule has 1 atom stereocenters. The molecule has 4 amide bonds. The van der Waals surface area contributed by atoms with Gasteiger partial charge in [-0.2, -0.15) is 13.2 Å². The summed E-state index contributed by atoms with van der Waals surface area (Å²) in [7, 11) is 1.09. The molecule has 10 heteroatoms. The maximum atomic E-state index is 12.9. The fraction of sp³-hybridized carbons (Fsp3) is 0.400. The van der Waals surface area contributed by atoms with E-state index < -0.39 is 40.9 Å². The van der Waals surface area contributed by atoms with Crippen LogP contribution >= 0.6 is 0 Å². The van der Waals surface area contributed by atoms with E-state index in [4.69, 9.17) is 4.74 Å². The van der Waals surface area contributed by atoms with Crippen LogP contribution in [0, 0.1) is 0 Å². The number of benzene rings is 1. The number of nitrogens with one attached hydrogen (secondary N) is 2. The van der Waals surface area contributed by atoms with E-state index in [1.54, 1.807) is 0 Å². The number of hydrogen-bond donors (Lipinski definition) is 2. The van der Waals surface area contributed by atoms with Crippen molar-refractivity contribution in [3.05, 3.63) is 29.3 Å². The third-order valence-electron chi connectivity index (χ3n) is 4.32. The molecule has 134 valence electrons. The second-order valence-corrected chi connectivity index (χ2v) is 5.88. The molecule has 2 N–H and O–H groups in total. The average Bonchev–Trinajstić information content (AvgIpc) is 3.09. The smallest absolute Gasteiger partial charge is 0.419 e. The van der Waals surface area contributed by atoms with Crippen molar-refractivity contribution >= 4 is 17.8 Å². The first kappa shape index (κ1) is 17.1. The summed E-state index contributed by atoms with van der Waals surface area (Å²) in [6.07, 6.45) is -4.37. The van der Waals surface area contributed by atoms with Crippen LogP contribution in [0.15, 0.2) is 18.2 Å². The first-order valence-electron chi connectivity index (χ1n) is 7.34.